The van der Waals surface area contributed by atoms with E-state index in [0.29, 0.717) is 47.7 Å². The molecule has 10 heteroatoms. The summed E-state index contributed by atoms with van der Waals surface area (Å²) in [4.78, 5) is 32.5. The van der Waals surface area contributed by atoms with Crippen molar-refractivity contribution in [1.29, 1.82) is 0 Å². The summed E-state index contributed by atoms with van der Waals surface area (Å²) in [5.41, 5.74) is 1.60. The average Bonchev–Trinajstić information content (AvgIpc) is 3.37. The maximum absolute atomic E-state index is 11.9. The van der Waals surface area contributed by atoms with Crippen LogP contribution in [-0.4, -0.2) is 57.7 Å². The number of anilines is 2. The third-order valence-corrected chi connectivity index (χ3v) is 4.90. The summed E-state index contributed by atoms with van der Waals surface area (Å²) in [6, 6.07) is 0.275. The number of nitrogens with one attached hydrogen (secondary N) is 3. The molecule has 1 aliphatic carbocycles. The number of carbonyl (C=O) groups is 2. The Labute approximate surface area is 161 Å². The summed E-state index contributed by atoms with van der Waals surface area (Å²) in [5.74, 6) is 0.995. The predicted molar refractivity (Wildman–Crippen MR) is 103 cm³/mol. The first-order valence-corrected chi connectivity index (χ1v) is 9.35. The quantitative estimate of drug-likeness (QED) is 0.347. The molecule has 10 nitrogen and oxygen atoms in total. The topological polar surface area (TPSA) is 123 Å². The molecule has 3 N–H and O–H groups in total. The summed E-state index contributed by atoms with van der Waals surface area (Å²) < 4.78 is 6.68. The van der Waals surface area contributed by atoms with Gasteiger partial charge < -0.3 is 15.4 Å². The maximum atomic E-state index is 11.9. The van der Waals surface area contributed by atoms with Crippen molar-refractivity contribution in [3.05, 3.63) is 17.3 Å². The minimum atomic E-state index is -0.377. The van der Waals surface area contributed by atoms with Crippen molar-refractivity contribution in [2.24, 2.45) is 5.92 Å². The number of fused-ring (bicyclic) bond motifs is 1. The zero-order valence-corrected chi connectivity index (χ0v) is 15.9. The van der Waals surface area contributed by atoms with Gasteiger partial charge in [-0.2, -0.15) is 19.6 Å². The van der Waals surface area contributed by atoms with Crippen molar-refractivity contribution in [2.45, 2.75) is 32.2 Å². The van der Waals surface area contributed by atoms with Crippen LogP contribution >= 0.6 is 0 Å². The Morgan fingerprint density at radius 2 is 2.21 bits per heavy atom. The lowest BCUT2D eigenvalue weighted by Crippen LogP contribution is -2.21. The molecule has 1 saturated carbocycles. The molecule has 1 saturated heterocycles. The zero-order valence-electron chi connectivity index (χ0n) is 15.9. The molecule has 2 fully saturated rings. The van der Waals surface area contributed by atoms with Crippen LogP contribution in [0.4, 0.5) is 11.9 Å². The third-order valence-electron chi connectivity index (χ3n) is 4.90. The number of carbonyl (C=O) groups excluding carboxylic acids is 2. The van der Waals surface area contributed by atoms with E-state index in [2.05, 4.69) is 37.9 Å². The smallest absolute Gasteiger partial charge is 0.254 e. The first kappa shape index (κ1) is 18.4. The number of hydrogen-bond acceptors (Lipinski definition) is 8. The van der Waals surface area contributed by atoms with Crippen LogP contribution < -0.4 is 16.0 Å². The molecule has 0 radical (unpaired) electrons. The number of hydrogen-bond donors (Lipinski definition) is 3. The van der Waals surface area contributed by atoms with Crippen LogP contribution in [0.2, 0.25) is 0 Å². The fourth-order valence-corrected chi connectivity index (χ4v) is 3.17. The SMILES string of the molecule is COCCNc1nc(N[C@@H](C)C2CC2)nc2c(/C=C3\CC(=O)NC3=O)cnn12. The van der Waals surface area contributed by atoms with Gasteiger partial charge in [0.1, 0.15) is 0 Å². The highest BCUT2D eigenvalue weighted by atomic mass is 16.5. The summed E-state index contributed by atoms with van der Waals surface area (Å²) >= 11 is 0. The summed E-state index contributed by atoms with van der Waals surface area (Å²) in [5, 5.41) is 13.2. The normalized spacial score (nSPS) is 19.3. The number of aromatic nitrogens is 4. The molecule has 1 atom stereocenters. The highest BCUT2D eigenvalue weighted by Crippen LogP contribution is 2.33. The lowest BCUT2D eigenvalue weighted by Gasteiger charge is -2.14. The maximum Gasteiger partial charge on any atom is 0.254 e. The number of methoxy groups -OCH3 is 1. The van der Waals surface area contributed by atoms with Gasteiger partial charge in [0.15, 0.2) is 5.65 Å². The first-order valence-electron chi connectivity index (χ1n) is 9.35. The Hall–Kier alpha value is -3.01. The lowest BCUT2D eigenvalue weighted by molar-refractivity contribution is -0.124. The monoisotopic (exact) mass is 385 g/mol. The van der Waals surface area contributed by atoms with Crippen LogP contribution in [0.25, 0.3) is 11.7 Å². The molecule has 148 valence electrons. The third kappa shape index (κ3) is 3.81. The highest BCUT2D eigenvalue weighted by Gasteiger charge is 2.29. The minimum Gasteiger partial charge on any atom is -0.383 e. The molecule has 2 amide bonds. The van der Waals surface area contributed by atoms with Crippen LogP contribution in [0, 0.1) is 5.92 Å². The van der Waals surface area contributed by atoms with Crippen molar-refractivity contribution in [2.75, 3.05) is 30.9 Å². The van der Waals surface area contributed by atoms with Crippen molar-refractivity contribution in [3.63, 3.8) is 0 Å². The van der Waals surface area contributed by atoms with Gasteiger partial charge in [-0.1, -0.05) is 0 Å². The number of nitrogens with zero attached hydrogens (tertiary/aromatic N) is 4. The van der Waals surface area contributed by atoms with Crippen molar-refractivity contribution >= 4 is 35.4 Å². The predicted octanol–water partition coefficient (Wildman–Crippen LogP) is 0.823. The second-order valence-corrected chi connectivity index (χ2v) is 7.12. The molecule has 0 aromatic carbocycles. The Kier molecular flexibility index (Phi) is 4.95. The van der Waals surface area contributed by atoms with Gasteiger partial charge >= 0.3 is 0 Å². The Bertz CT molecular complexity index is 948. The van der Waals surface area contributed by atoms with E-state index in [4.69, 9.17) is 4.74 Å². The highest BCUT2D eigenvalue weighted by molar-refractivity contribution is 6.15. The van der Waals surface area contributed by atoms with Gasteiger partial charge in [-0.15, -0.1) is 0 Å². The molecule has 1 aliphatic heterocycles. The van der Waals surface area contributed by atoms with Gasteiger partial charge in [-0.25, -0.2) is 0 Å². The summed E-state index contributed by atoms with van der Waals surface area (Å²) in [6.45, 7) is 3.21. The molecule has 28 heavy (non-hydrogen) atoms. The standard InChI is InChI=1S/C18H23N7O3/c1-10(11-3-4-11)21-17-23-15-13(7-12-8-14(26)22-16(12)27)9-20-25(15)18(24-17)19-5-6-28-2/h7,9-11H,3-6,8H2,1-2H3,(H,22,26,27)(H2,19,21,23,24)/b12-7+/t10-/m0/s1. The van der Waals surface area contributed by atoms with Gasteiger partial charge in [0.2, 0.25) is 17.8 Å². The first-order chi connectivity index (χ1) is 13.5. The molecular formula is C18H23N7O3. The largest absolute Gasteiger partial charge is 0.383 e. The van der Waals surface area contributed by atoms with Crippen LogP contribution in [0.3, 0.4) is 0 Å². The van der Waals surface area contributed by atoms with E-state index < -0.39 is 0 Å². The Balaban J connectivity index is 1.70. The van der Waals surface area contributed by atoms with Gasteiger partial charge in [-0.3, -0.25) is 14.9 Å². The molecule has 2 aromatic rings. The Morgan fingerprint density at radius 1 is 1.39 bits per heavy atom. The van der Waals surface area contributed by atoms with Crippen LogP contribution in [0.15, 0.2) is 11.8 Å². The van der Waals surface area contributed by atoms with Gasteiger partial charge in [0.25, 0.3) is 5.91 Å². The summed E-state index contributed by atoms with van der Waals surface area (Å²) in [7, 11) is 1.63. The van der Waals surface area contributed by atoms with Crippen LogP contribution in [0.1, 0.15) is 31.7 Å². The van der Waals surface area contributed by atoms with Gasteiger partial charge in [0.05, 0.1) is 19.2 Å². The molecule has 2 aliphatic rings. The van der Waals surface area contributed by atoms with E-state index in [1.54, 1.807) is 23.9 Å². The van der Waals surface area contributed by atoms with E-state index in [1.807, 2.05) is 0 Å². The fraction of sp³-hybridized carbons (Fsp3) is 0.500. The fourth-order valence-electron chi connectivity index (χ4n) is 3.17. The van der Waals surface area contributed by atoms with Gasteiger partial charge in [-0.05, 0) is 31.8 Å². The van der Waals surface area contributed by atoms with Crippen molar-refractivity contribution in [3.8, 4) is 0 Å². The van der Waals surface area contributed by atoms with E-state index in [9.17, 15) is 9.59 Å². The second kappa shape index (κ2) is 7.55. The van der Waals surface area contributed by atoms with Gasteiger partial charge in [0, 0.05) is 30.8 Å². The second-order valence-electron chi connectivity index (χ2n) is 7.12. The average molecular weight is 385 g/mol. The van der Waals surface area contributed by atoms with E-state index in [-0.39, 0.29) is 24.3 Å². The molecule has 4 rings (SSSR count). The number of amides is 2. The summed E-state index contributed by atoms with van der Waals surface area (Å²) in [6.07, 6.45) is 5.75. The lowest BCUT2D eigenvalue weighted by atomic mass is 10.1. The van der Waals surface area contributed by atoms with E-state index in [1.165, 1.54) is 12.8 Å². The van der Waals surface area contributed by atoms with E-state index >= 15 is 0 Å². The molecule has 0 spiro atoms. The molecular weight excluding hydrogens is 362 g/mol. The minimum absolute atomic E-state index is 0.0595. The molecule has 0 unspecified atom stereocenters. The number of imide groups is 1. The molecule has 2 aromatic heterocycles. The van der Waals surface area contributed by atoms with Crippen molar-refractivity contribution < 1.29 is 14.3 Å². The number of ether oxygens (including phenoxy) is 1. The van der Waals surface area contributed by atoms with E-state index in [0.717, 1.165) is 0 Å². The van der Waals surface area contributed by atoms with Crippen LogP contribution in [0.5, 0.6) is 0 Å². The zero-order chi connectivity index (χ0) is 19.7. The molecule has 3 heterocycles. The molecule has 0 bridgehead atoms. The number of rotatable bonds is 8. The van der Waals surface area contributed by atoms with Crippen LogP contribution in [-0.2, 0) is 14.3 Å². The van der Waals surface area contributed by atoms with Crippen molar-refractivity contribution in [1.82, 2.24) is 24.9 Å². The Morgan fingerprint density at radius 3 is 2.89 bits per heavy atom.